The zero-order chi connectivity index (χ0) is 16.1. The third-order valence-electron chi connectivity index (χ3n) is 4.17. The number of fused-ring (bicyclic) bond motifs is 1. The first-order chi connectivity index (χ1) is 11.3. The summed E-state index contributed by atoms with van der Waals surface area (Å²) in [6, 6.07) is 20.0. The maximum Gasteiger partial charge on any atom is 0.0125 e. The second-order valence-electron chi connectivity index (χ2n) is 5.43. The molecule has 0 fully saturated rings. The van der Waals surface area contributed by atoms with Crippen LogP contribution in [0, 0.1) is 12.0 Å². The second kappa shape index (κ2) is 8.17. The molecule has 2 aliphatic carbocycles. The van der Waals surface area contributed by atoms with Gasteiger partial charge in [-0.05, 0) is 16.7 Å². The van der Waals surface area contributed by atoms with Gasteiger partial charge in [-0.2, -0.15) is 30.3 Å². The summed E-state index contributed by atoms with van der Waals surface area (Å²) in [5.41, 5.74) is 5.41. The van der Waals surface area contributed by atoms with Crippen LogP contribution in [0.3, 0.4) is 0 Å². The predicted octanol–water partition coefficient (Wildman–Crippen LogP) is 6.24. The Morgan fingerprint density at radius 2 is 1.65 bits per heavy atom. The number of allylic oxidation sites excluding steroid dienone is 5. The maximum absolute atomic E-state index is 4.89. The van der Waals surface area contributed by atoms with Crippen LogP contribution in [0.1, 0.15) is 22.6 Å². The predicted molar refractivity (Wildman–Crippen MR) is 95.8 cm³/mol. The molecule has 0 amide bonds. The molecule has 0 saturated carbocycles. The summed E-state index contributed by atoms with van der Waals surface area (Å²) in [6.07, 6.45) is 11.5. The van der Waals surface area contributed by atoms with Gasteiger partial charge >= 0.3 is 35.6 Å². The maximum atomic E-state index is 4.89. The third-order valence-corrected chi connectivity index (χ3v) is 4.17. The van der Waals surface area contributed by atoms with Gasteiger partial charge in [0.2, 0.25) is 0 Å². The zero-order valence-electron chi connectivity index (χ0n) is 12.4. The standard InChI is InChI=1S/C20H15.2ClH.Ti/c1-2-6-15(7-3-1)17-10-11-18(14-17)20-13-12-16-8-4-5-9-19(16)20;;;/h2-14,18,20H;2*1H;/q-1;;;+2/p-2. The largest absolute Gasteiger partial charge is 0.184 e. The van der Waals surface area contributed by atoms with Gasteiger partial charge in [0.15, 0.2) is 0 Å². The van der Waals surface area contributed by atoms with Gasteiger partial charge in [0.1, 0.15) is 0 Å². The Morgan fingerprint density at radius 1 is 0.913 bits per heavy atom. The monoisotopic (exact) mass is 373 g/mol. The minimum Gasteiger partial charge on any atom is -0.184 e. The summed E-state index contributed by atoms with van der Waals surface area (Å²) < 4.78 is 0. The first-order valence-corrected chi connectivity index (χ1v) is 11.7. The van der Waals surface area contributed by atoms with E-state index in [9.17, 15) is 0 Å². The van der Waals surface area contributed by atoms with Crippen molar-refractivity contribution >= 4 is 30.3 Å². The van der Waals surface area contributed by atoms with E-state index in [1.54, 1.807) is 0 Å². The molecule has 0 spiro atoms. The van der Waals surface area contributed by atoms with Crippen LogP contribution in [0.2, 0.25) is 0 Å². The zero-order valence-corrected chi connectivity index (χ0v) is 15.5. The minimum atomic E-state index is -0.556. The molecular weight excluding hydrogens is 359 g/mol. The first-order valence-electron chi connectivity index (χ1n) is 7.43. The fraction of sp³-hybridized carbons (Fsp3) is 0.100. The average Bonchev–Trinajstić information content (AvgIpc) is 3.23. The Balaban J connectivity index is 0.000000485. The van der Waals surface area contributed by atoms with Crippen LogP contribution in [0.25, 0.3) is 11.6 Å². The molecular formula is C20H15Cl2Ti-. The Labute approximate surface area is 154 Å². The van der Waals surface area contributed by atoms with E-state index < -0.39 is 17.0 Å². The summed E-state index contributed by atoms with van der Waals surface area (Å²) in [5, 5.41) is 0. The molecule has 3 heteroatoms. The van der Waals surface area contributed by atoms with Crippen molar-refractivity contribution in [1.29, 1.82) is 0 Å². The van der Waals surface area contributed by atoms with Crippen LogP contribution < -0.4 is 0 Å². The van der Waals surface area contributed by atoms with Crippen LogP contribution in [0.4, 0.5) is 0 Å². The Kier molecular flexibility index (Phi) is 5.97. The van der Waals surface area contributed by atoms with E-state index in [1.165, 1.54) is 22.3 Å². The second-order valence-corrected chi connectivity index (χ2v) is 8.01. The first kappa shape index (κ1) is 16.8. The normalized spacial score (nSPS) is 20.5. The smallest absolute Gasteiger partial charge is 0.0125 e. The number of rotatable bonds is 2. The van der Waals surface area contributed by atoms with Crippen molar-refractivity contribution < 1.29 is 17.0 Å². The molecule has 2 aromatic rings. The molecule has 0 saturated heterocycles. The molecule has 0 heterocycles. The average molecular weight is 374 g/mol. The quantitative estimate of drug-likeness (QED) is 0.431. The van der Waals surface area contributed by atoms with Crippen LogP contribution in [0.15, 0.2) is 72.8 Å². The van der Waals surface area contributed by atoms with Crippen LogP contribution >= 0.6 is 18.6 Å². The van der Waals surface area contributed by atoms with Crippen molar-refractivity contribution in [2.45, 2.75) is 5.92 Å². The SMILES string of the molecule is [Cl][Ti][Cl].[c-]1ccc(C2=CC(C3C=Cc4ccccc43)C=C2)cc1. The number of hydrogen-bond donors (Lipinski definition) is 0. The van der Waals surface area contributed by atoms with Crippen molar-refractivity contribution in [2.75, 3.05) is 0 Å². The Morgan fingerprint density at radius 3 is 2.43 bits per heavy atom. The molecule has 0 bridgehead atoms. The Bertz CT molecular complexity index is 747. The van der Waals surface area contributed by atoms with E-state index in [2.05, 4.69) is 72.8 Å². The Hall–Kier alpha value is -1.05. The molecule has 2 aromatic carbocycles. The summed E-state index contributed by atoms with van der Waals surface area (Å²) in [5.74, 6) is 0.948. The van der Waals surface area contributed by atoms with E-state index in [0.717, 1.165) is 0 Å². The number of benzene rings is 2. The topological polar surface area (TPSA) is 0 Å². The van der Waals surface area contributed by atoms with Crippen LogP contribution in [-0.4, -0.2) is 0 Å². The molecule has 114 valence electrons. The fourth-order valence-electron chi connectivity index (χ4n) is 3.14. The van der Waals surface area contributed by atoms with Gasteiger partial charge in [-0.15, -0.1) is 5.56 Å². The van der Waals surface area contributed by atoms with Gasteiger partial charge in [0.25, 0.3) is 0 Å². The van der Waals surface area contributed by atoms with Crippen molar-refractivity contribution in [3.8, 4) is 0 Å². The van der Waals surface area contributed by atoms with Crippen LogP contribution in [0.5, 0.6) is 0 Å². The van der Waals surface area contributed by atoms with Gasteiger partial charge in [-0.1, -0.05) is 54.6 Å². The third kappa shape index (κ3) is 3.90. The van der Waals surface area contributed by atoms with E-state index >= 15 is 0 Å². The van der Waals surface area contributed by atoms with E-state index in [4.69, 9.17) is 18.6 Å². The molecule has 0 aliphatic heterocycles. The van der Waals surface area contributed by atoms with Crippen molar-refractivity contribution in [2.24, 2.45) is 5.92 Å². The number of hydrogen-bond acceptors (Lipinski definition) is 0. The molecule has 2 atom stereocenters. The van der Waals surface area contributed by atoms with Gasteiger partial charge in [-0.25, -0.2) is 0 Å². The fourth-order valence-corrected chi connectivity index (χ4v) is 3.14. The summed E-state index contributed by atoms with van der Waals surface area (Å²) >= 11 is -0.556. The molecule has 4 rings (SSSR count). The summed E-state index contributed by atoms with van der Waals surface area (Å²) in [7, 11) is 9.78. The molecule has 2 aliphatic rings. The molecule has 23 heavy (non-hydrogen) atoms. The van der Waals surface area contributed by atoms with Crippen molar-refractivity contribution in [3.05, 3.63) is 95.6 Å². The van der Waals surface area contributed by atoms with Gasteiger partial charge in [-0.3, -0.25) is 0 Å². The van der Waals surface area contributed by atoms with Crippen molar-refractivity contribution in [3.63, 3.8) is 0 Å². The molecule has 0 radical (unpaired) electrons. The van der Waals surface area contributed by atoms with E-state index in [0.29, 0.717) is 11.8 Å². The molecule has 0 aromatic heterocycles. The van der Waals surface area contributed by atoms with E-state index in [1.807, 2.05) is 12.1 Å². The minimum absolute atomic E-state index is 0.467. The van der Waals surface area contributed by atoms with Crippen LogP contribution in [-0.2, 0) is 17.0 Å². The van der Waals surface area contributed by atoms with E-state index in [-0.39, 0.29) is 0 Å². The molecule has 0 N–H and O–H groups in total. The summed E-state index contributed by atoms with van der Waals surface area (Å²) in [6.45, 7) is 0. The summed E-state index contributed by atoms with van der Waals surface area (Å²) in [4.78, 5) is 0. The van der Waals surface area contributed by atoms with Crippen molar-refractivity contribution in [1.82, 2.24) is 0 Å². The number of halogens is 2. The molecule has 2 unspecified atom stereocenters. The van der Waals surface area contributed by atoms with Gasteiger partial charge < -0.3 is 0 Å². The van der Waals surface area contributed by atoms with Gasteiger partial charge in [0.05, 0.1) is 0 Å². The molecule has 0 nitrogen and oxygen atoms in total. The van der Waals surface area contributed by atoms with Gasteiger partial charge in [0, 0.05) is 11.8 Å².